The minimum Gasteiger partial charge on any atom is -0.483 e. The van der Waals surface area contributed by atoms with Gasteiger partial charge in [-0.05, 0) is 43.4 Å². The molecule has 0 saturated heterocycles. The maximum atomic E-state index is 12.7. The van der Waals surface area contributed by atoms with Gasteiger partial charge < -0.3 is 4.74 Å². The Hall–Kier alpha value is -2.88. The zero-order chi connectivity index (χ0) is 19.4. The van der Waals surface area contributed by atoms with Crippen molar-refractivity contribution in [1.29, 1.82) is 0 Å². The summed E-state index contributed by atoms with van der Waals surface area (Å²) in [5, 5.41) is 4.44. The van der Waals surface area contributed by atoms with Crippen LogP contribution in [0.15, 0.2) is 54.6 Å². The summed E-state index contributed by atoms with van der Waals surface area (Å²) in [5.41, 5.74) is 5.01. The fraction of sp³-hybridized carbons (Fsp3) is 0.304. The fourth-order valence-electron chi connectivity index (χ4n) is 3.27. The predicted octanol–water partition coefficient (Wildman–Crippen LogP) is 5.08. The van der Waals surface area contributed by atoms with Gasteiger partial charge in [-0.2, -0.15) is 5.10 Å². The first-order valence-electron chi connectivity index (χ1n) is 9.33. The smallest absolute Gasteiger partial charge is 0.284 e. The maximum Gasteiger partial charge on any atom is 0.284 e. The van der Waals surface area contributed by atoms with Crippen molar-refractivity contribution < 1.29 is 9.53 Å². The number of aromatic nitrogens is 2. The van der Waals surface area contributed by atoms with Gasteiger partial charge in [0.1, 0.15) is 5.75 Å². The lowest BCUT2D eigenvalue weighted by atomic mass is 10.0. The molecule has 0 saturated carbocycles. The van der Waals surface area contributed by atoms with Crippen molar-refractivity contribution in [2.24, 2.45) is 5.92 Å². The summed E-state index contributed by atoms with van der Waals surface area (Å²) < 4.78 is 7.37. The molecule has 1 aromatic heterocycles. The topological polar surface area (TPSA) is 44.1 Å². The summed E-state index contributed by atoms with van der Waals surface area (Å²) in [5.74, 6) is 1.05. The lowest BCUT2D eigenvalue weighted by Crippen LogP contribution is -2.22. The molecule has 0 atom stereocenters. The number of hydrogen-bond donors (Lipinski definition) is 0. The van der Waals surface area contributed by atoms with Crippen LogP contribution < -0.4 is 4.74 Å². The zero-order valence-corrected chi connectivity index (χ0v) is 16.4. The van der Waals surface area contributed by atoms with E-state index in [0.29, 0.717) is 11.7 Å². The summed E-state index contributed by atoms with van der Waals surface area (Å²) in [6, 6.07) is 17.8. The van der Waals surface area contributed by atoms with Crippen molar-refractivity contribution in [3.05, 3.63) is 71.5 Å². The standard InChI is InChI=1S/C23H26N2O2/c1-16(2)14-21-17(3)24-25(18(21)4)23(26)15-27-22-13-9-8-12-20(22)19-10-6-5-7-11-19/h5-13,16H,14-15H2,1-4H3. The SMILES string of the molecule is Cc1nn(C(=O)COc2ccccc2-c2ccccc2)c(C)c1CC(C)C. The highest BCUT2D eigenvalue weighted by molar-refractivity contribution is 5.81. The monoisotopic (exact) mass is 362 g/mol. The van der Waals surface area contributed by atoms with Gasteiger partial charge in [0.2, 0.25) is 0 Å². The van der Waals surface area contributed by atoms with Crippen LogP contribution in [0.3, 0.4) is 0 Å². The third-order valence-corrected chi connectivity index (χ3v) is 4.61. The van der Waals surface area contributed by atoms with Gasteiger partial charge >= 0.3 is 0 Å². The van der Waals surface area contributed by atoms with Crippen LogP contribution in [0.25, 0.3) is 11.1 Å². The zero-order valence-electron chi connectivity index (χ0n) is 16.4. The third kappa shape index (κ3) is 4.27. The average molecular weight is 362 g/mol. The average Bonchev–Trinajstić information content (AvgIpc) is 2.95. The Bertz CT molecular complexity index is 927. The van der Waals surface area contributed by atoms with Crippen molar-refractivity contribution in [3.8, 4) is 16.9 Å². The number of carbonyl (C=O) groups excluding carboxylic acids is 1. The summed E-state index contributed by atoms with van der Waals surface area (Å²) in [6.07, 6.45) is 0.919. The molecule has 4 heteroatoms. The molecule has 0 spiro atoms. The highest BCUT2D eigenvalue weighted by Gasteiger charge is 2.18. The van der Waals surface area contributed by atoms with Crippen LogP contribution in [0.1, 0.15) is 35.6 Å². The largest absolute Gasteiger partial charge is 0.483 e. The van der Waals surface area contributed by atoms with E-state index in [0.717, 1.165) is 34.5 Å². The van der Waals surface area contributed by atoms with E-state index in [-0.39, 0.29) is 12.5 Å². The molecule has 140 valence electrons. The Morgan fingerprint density at radius 2 is 1.70 bits per heavy atom. The van der Waals surface area contributed by atoms with Crippen molar-refractivity contribution >= 4 is 5.91 Å². The van der Waals surface area contributed by atoms with Gasteiger partial charge in [0, 0.05) is 11.3 Å². The van der Waals surface area contributed by atoms with E-state index in [1.165, 1.54) is 4.68 Å². The Morgan fingerprint density at radius 1 is 1.04 bits per heavy atom. The van der Waals surface area contributed by atoms with Crippen LogP contribution in [-0.2, 0) is 6.42 Å². The van der Waals surface area contributed by atoms with Crippen LogP contribution in [0, 0.1) is 19.8 Å². The molecule has 1 heterocycles. The lowest BCUT2D eigenvalue weighted by molar-refractivity contribution is 0.0818. The number of para-hydroxylation sites is 1. The second-order valence-electron chi connectivity index (χ2n) is 7.20. The van der Waals surface area contributed by atoms with E-state index in [1.807, 2.05) is 68.4 Å². The number of benzene rings is 2. The molecule has 0 radical (unpaired) electrons. The number of aryl methyl sites for hydroxylation is 1. The van der Waals surface area contributed by atoms with Crippen LogP contribution in [0.2, 0.25) is 0 Å². The Morgan fingerprint density at radius 3 is 2.41 bits per heavy atom. The maximum absolute atomic E-state index is 12.7. The van der Waals surface area contributed by atoms with E-state index in [9.17, 15) is 4.79 Å². The number of rotatable bonds is 6. The summed E-state index contributed by atoms with van der Waals surface area (Å²) >= 11 is 0. The van der Waals surface area contributed by atoms with Gasteiger partial charge in [-0.15, -0.1) is 0 Å². The molecule has 4 nitrogen and oxygen atoms in total. The first-order chi connectivity index (χ1) is 13.0. The Balaban J connectivity index is 1.78. The highest BCUT2D eigenvalue weighted by atomic mass is 16.5. The van der Waals surface area contributed by atoms with Crippen LogP contribution in [-0.4, -0.2) is 22.3 Å². The molecule has 3 rings (SSSR count). The van der Waals surface area contributed by atoms with E-state index in [2.05, 4.69) is 18.9 Å². The summed E-state index contributed by atoms with van der Waals surface area (Å²) in [7, 11) is 0. The van der Waals surface area contributed by atoms with Gasteiger partial charge in [-0.1, -0.05) is 62.4 Å². The van der Waals surface area contributed by atoms with Gasteiger partial charge in [0.05, 0.1) is 5.69 Å². The summed E-state index contributed by atoms with van der Waals surface area (Å²) in [6.45, 7) is 8.20. The fourth-order valence-corrected chi connectivity index (χ4v) is 3.27. The second kappa shape index (κ2) is 8.21. The van der Waals surface area contributed by atoms with Gasteiger partial charge in [0.15, 0.2) is 6.61 Å². The van der Waals surface area contributed by atoms with Crippen LogP contribution >= 0.6 is 0 Å². The third-order valence-electron chi connectivity index (χ3n) is 4.61. The molecule has 27 heavy (non-hydrogen) atoms. The van der Waals surface area contributed by atoms with E-state index in [1.54, 1.807) is 0 Å². The van der Waals surface area contributed by atoms with Gasteiger partial charge in [-0.25, -0.2) is 4.68 Å². The molecule has 0 bridgehead atoms. The van der Waals surface area contributed by atoms with Crippen LogP contribution in [0.5, 0.6) is 5.75 Å². The molecule has 0 amide bonds. The first kappa shape index (κ1) is 18.9. The molecule has 3 aromatic rings. The van der Waals surface area contributed by atoms with Gasteiger partial charge in [-0.3, -0.25) is 4.79 Å². The summed E-state index contributed by atoms with van der Waals surface area (Å²) in [4.78, 5) is 12.7. The van der Waals surface area contributed by atoms with Crippen molar-refractivity contribution in [3.63, 3.8) is 0 Å². The second-order valence-corrected chi connectivity index (χ2v) is 7.20. The number of hydrogen-bond acceptors (Lipinski definition) is 3. The molecule has 0 aliphatic carbocycles. The minimum absolute atomic E-state index is 0.0487. The molecule has 0 fully saturated rings. The van der Waals surface area contributed by atoms with Crippen molar-refractivity contribution in [2.75, 3.05) is 6.61 Å². The minimum atomic E-state index is -0.159. The van der Waals surface area contributed by atoms with E-state index in [4.69, 9.17) is 4.74 Å². The molecule has 0 N–H and O–H groups in total. The van der Waals surface area contributed by atoms with Gasteiger partial charge in [0.25, 0.3) is 5.91 Å². The number of ether oxygens (including phenoxy) is 1. The molecular formula is C23H26N2O2. The quantitative estimate of drug-likeness (QED) is 0.614. The predicted molar refractivity (Wildman–Crippen MR) is 108 cm³/mol. The number of carbonyl (C=O) groups is 1. The Labute approximate surface area is 160 Å². The number of nitrogens with zero attached hydrogens (tertiary/aromatic N) is 2. The Kier molecular flexibility index (Phi) is 5.75. The van der Waals surface area contributed by atoms with Crippen molar-refractivity contribution in [1.82, 2.24) is 9.78 Å². The normalized spacial score (nSPS) is 11.0. The van der Waals surface area contributed by atoms with E-state index < -0.39 is 0 Å². The van der Waals surface area contributed by atoms with E-state index >= 15 is 0 Å². The molecule has 2 aromatic carbocycles. The molecule has 0 aliphatic rings. The van der Waals surface area contributed by atoms with Crippen molar-refractivity contribution in [2.45, 2.75) is 34.1 Å². The molecular weight excluding hydrogens is 336 g/mol. The molecule has 0 unspecified atom stereocenters. The lowest BCUT2D eigenvalue weighted by Gasteiger charge is -2.12. The first-order valence-corrected chi connectivity index (χ1v) is 9.33. The molecule has 0 aliphatic heterocycles. The van der Waals surface area contributed by atoms with Crippen LogP contribution in [0.4, 0.5) is 0 Å². The highest BCUT2D eigenvalue weighted by Crippen LogP contribution is 2.29.